The smallest absolute Gasteiger partial charge is 0.221 e. The number of aryl methyl sites for hydroxylation is 1. The molecule has 0 aliphatic rings. The molecule has 5 nitrogen and oxygen atoms in total. The van der Waals surface area contributed by atoms with Crippen molar-refractivity contribution in [3.8, 4) is 5.75 Å². The summed E-state index contributed by atoms with van der Waals surface area (Å²) in [7, 11) is 1.70. The molecule has 0 saturated carbocycles. The molecule has 0 N–H and O–H groups in total. The van der Waals surface area contributed by atoms with Crippen molar-refractivity contribution < 1.29 is 28.4 Å². The topological polar surface area (TPSA) is 54.0 Å². The normalized spacial score (nSPS) is 9.57. The van der Waals surface area contributed by atoms with E-state index in [0.29, 0.717) is 13.2 Å². The fraction of sp³-hybridized carbons (Fsp3) is 0.208. The Kier molecular flexibility index (Phi) is 13.2. The Hall–Kier alpha value is -3.06. The van der Waals surface area contributed by atoms with E-state index >= 15 is 0 Å². The molecule has 3 aromatic carbocycles. The highest BCUT2D eigenvalue weighted by atomic mass is 19.1. The van der Waals surface area contributed by atoms with Gasteiger partial charge in [0.05, 0.1) is 6.61 Å². The van der Waals surface area contributed by atoms with Gasteiger partial charge >= 0.3 is 0 Å². The van der Waals surface area contributed by atoms with Crippen LogP contribution in [0.15, 0.2) is 78.9 Å². The molecular formula is C24H27FO5. The molecular weight excluding hydrogens is 387 g/mol. The number of benzene rings is 3. The van der Waals surface area contributed by atoms with Crippen molar-refractivity contribution in [1.29, 1.82) is 0 Å². The second-order valence-corrected chi connectivity index (χ2v) is 5.98. The summed E-state index contributed by atoms with van der Waals surface area (Å²) in [5.41, 5.74) is 3.05. The van der Waals surface area contributed by atoms with E-state index in [-0.39, 0.29) is 12.5 Å². The van der Waals surface area contributed by atoms with Crippen LogP contribution in [0.2, 0.25) is 0 Å². The first-order chi connectivity index (χ1) is 14.7. The SMILES string of the molecule is C=O.COCc1ccccc1.Cc1ccc(OCOOCc2ccccc2)c(F)c1. The van der Waals surface area contributed by atoms with Gasteiger partial charge in [0, 0.05) is 7.11 Å². The van der Waals surface area contributed by atoms with E-state index < -0.39 is 5.82 Å². The highest BCUT2D eigenvalue weighted by Gasteiger charge is 2.03. The zero-order chi connectivity index (χ0) is 22.0. The predicted octanol–water partition coefficient (Wildman–Crippen LogP) is 5.27. The minimum absolute atomic E-state index is 0.147. The summed E-state index contributed by atoms with van der Waals surface area (Å²) in [6.45, 7) is 4.68. The van der Waals surface area contributed by atoms with Gasteiger partial charge in [-0.1, -0.05) is 66.7 Å². The number of rotatable bonds is 8. The van der Waals surface area contributed by atoms with Crippen molar-refractivity contribution in [3.05, 3.63) is 101 Å². The average molecular weight is 414 g/mol. The molecule has 0 unspecified atom stereocenters. The first-order valence-corrected chi connectivity index (χ1v) is 9.18. The van der Waals surface area contributed by atoms with Crippen LogP contribution >= 0.6 is 0 Å². The maximum absolute atomic E-state index is 13.4. The van der Waals surface area contributed by atoms with Crippen molar-refractivity contribution in [2.24, 2.45) is 0 Å². The van der Waals surface area contributed by atoms with Gasteiger partial charge in [-0.2, -0.15) is 4.89 Å². The van der Waals surface area contributed by atoms with Crippen LogP contribution in [0.3, 0.4) is 0 Å². The van der Waals surface area contributed by atoms with E-state index in [0.717, 1.165) is 11.1 Å². The molecule has 0 radical (unpaired) electrons. The van der Waals surface area contributed by atoms with E-state index in [9.17, 15) is 4.39 Å². The van der Waals surface area contributed by atoms with Crippen LogP contribution in [0.5, 0.6) is 5.75 Å². The lowest BCUT2D eigenvalue weighted by molar-refractivity contribution is -0.331. The van der Waals surface area contributed by atoms with Crippen LogP contribution in [0.4, 0.5) is 4.39 Å². The molecule has 0 bridgehead atoms. The minimum atomic E-state index is -0.411. The zero-order valence-electron chi connectivity index (χ0n) is 17.3. The fourth-order valence-electron chi connectivity index (χ4n) is 2.27. The van der Waals surface area contributed by atoms with E-state index in [1.165, 1.54) is 11.6 Å². The molecule has 0 amide bonds. The predicted molar refractivity (Wildman–Crippen MR) is 113 cm³/mol. The minimum Gasteiger partial charge on any atom is -0.462 e. The maximum Gasteiger partial charge on any atom is 0.221 e. The first kappa shape index (κ1) is 25.0. The molecule has 3 rings (SSSR count). The lowest BCUT2D eigenvalue weighted by Gasteiger charge is -2.08. The summed E-state index contributed by atoms with van der Waals surface area (Å²) in [6, 6.07) is 24.4. The van der Waals surface area contributed by atoms with Crippen molar-refractivity contribution in [2.75, 3.05) is 13.9 Å². The van der Waals surface area contributed by atoms with Crippen LogP contribution in [0.1, 0.15) is 16.7 Å². The van der Waals surface area contributed by atoms with Crippen LogP contribution < -0.4 is 4.74 Å². The zero-order valence-corrected chi connectivity index (χ0v) is 17.3. The molecule has 0 saturated heterocycles. The van der Waals surface area contributed by atoms with Gasteiger partial charge in [-0.15, -0.1) is 0 Å². The van der Waals surface area contributed by atoms with Crippen LogP contribution in [0, 0.1) is 12.7 Å². The summed E-state index contributed by atoms with van der Waals surface area (Å²) in [5, 5.41) is 0. The van der Waals surface area contributed by atoms with Crippen LogP contribution in [-0.4, -0.2) is 20.7 Å². The number of ether oxygens (including phenoxy) is 2. The largest absolute Gasteiger partial charge is 0.462 e. The first-order valence-electron chi connectivity index (χ1n) is 9.18. The number of hydrogen-bond acceptors (Lipinski definition) is 5. The highest BCUT2D eigenvalue weighted by molar-refractivity contribution is 5.28. The average Bonchev–Trinajstić information content (AvgIpc) is 2.78. The third kappa shape index (κ3) is 10.5. The second-order valence-electron chi connectivity index (χ2n) is 5.98. The molecule has 0 atom stereocenters. The standard InChI is InChI=1S/C15H15FO3.C8H10O.CH2O/c1-12-7-8-15(14(16)9-12)17-11-19-18-10-13-5-3-2-4-6-13;1-9-7-8-5-3-2-4-6-8;1-2/h2-9H,10-11H2,1H3;2-6H,7H2,1H3;1H2. The van der Waals surface area contributed by atoms with Crippen LogP contribution in [-0.2, 0) is 32.5 Å². The Morgan fingerprint density at radius 3 is 1.90 bits per heavy atom. The third-order valence-electron chi connectivity index (χ3n) is 3.66. The molecule has 0 spiro atoms. The highest BCUT2D eigenvalue weighted by Crippen LogP contribution is 2.17. The fourth-order valence-corrected chi connectivity index (χ4v) is 2.27. The quantitative estimate of drug-likeness (QED) is 0.218. The van der Waals surface area contributed by atoms with Gasteiger partial charge in [-0.25, -0.2) is 9.28 Å². The number of methoxy groups -OCH3 is 1. The summed E-state index contributed by atoms with van der Waals surface area (Å²) < 4.78 is 23.4. The maximum atomic E-state index is 13.4. The van der Waals surface area contributed by atoms with E-state index in [4.69, 9.17) is 24.0 Å². The third-order valence-corrected chi connectivity index (χ3v) is 3.66. The number of carbonyl (C=O) groups excluding carboxylic acids is 1. The summed E-state index contributed by atoms with van der Waals surface area (Å²) in [5.74, 6) is -0.263. The molecule has 0 fully saturated rings. The van der Waals surface area contributed by atoms with E-state index in [1.54, 1.807) is 19.2 Å². The molecule has 6 heteroatoms. The van der Waals surface area contributed by atoms with Crippen molar-refractivity contribution in [2.45, 2.75) is 20.1 Å². The molecule has 0 aromatic heterocycles. The Morgan fingerprint density at radius 1 is 0.800 bits per heavy atom. The van der Waals surface area contributed by atoms with Gasteiger partial charge < -0.3 is 14.3 Å². The van der Waals surface area contributed by atoms with Gasteiger partial charge in [0.15, 0.2) is 11.6 Å². The van der Waals surface area contributed by atoms with E-state index in [1.807, 2.05) is 74.4 Å². The Balaban J connectivity index is 0.000000342. The van der Waals surface area contributed by atoms with Crippen molar-refractivity contribution in [1.82, 2.24) is 0 Å². The van der Waals surface area contributed by atoms with Crippen molar-refractivity contribution >= 4 is 6.79 Å². The number of carbonyl (C=O) groups is 1. The lowest BCUT2D eigenvalue weighted by Crippen LogP contribution is -2.05. The number of hydrogen-bond donors (Lipinski definition) is 0. The molecule has 0 aliphatic carbocycles. The summed E-state index contributed by atoms with van der Waals surface area (Å²) in [4.78, 5) is 17.8. The van der Waals surface area contributed by atoms with Crippen LogP contribution in [0.25, 0.3) is 0 Å². The van der Waals surface area contributed by atoms with Gasteiger partial charge in [-0.05, 0) is 35.7 Å². The molecule has 3 aromatic rings. The molecule has 0 aliphatic heterocycles. The summed E-state index contributed by atoms with van der Waals surface area (Å²) >= 11 is 0. The number of halogens is 1. The lowest BCUT2D eigenvalue weighted by atomic mass is 10.2. The molecule has 160 valence electrons. The molecule has 30 heavy (non-hydrogen) atoms. The van der Waals surface area contributed by atoms with Crippen molar-refractivity contribution in [3.63, 3.8) is 0 Å². The van der Waals surface area contributed by atoms with Gasteiger partial charge in [0.2, 0.25) is 6.79 Å². The Labute approximate surface area is 176 Å². The second kappa shape index (κ2) is 15.8. The molecule has 0 heterocycles. The summed E-state index contributed by atoms with van der Waals surface area (Å²) in [6.07, 6.45) is 0. The Morgan fingerprint density at radius 2 is 1.37 bits per heavy atom. The Bertz CT molecular complexity index is 812. The van der Waals surface area contributed by atoms with E-state index in [2.05, 4.69) is 0 Å². The monoisotopic (exact) mass is 414 g/mol. The van der Waals surface area contributed by atoms with Gasteiger partial charge in [-0.3, -0.25) is 0 Å². The van der Waals surface area contributed by atoms with Gasteiger partial charge in [0.1, 0.15) is 13.4 Å². The van der Waals surface area contributed by atoms with Gasteiger partial charge in [0.25, 0.3) is 0 Å².